The number of fused-ring (bicyclic) bond motifs is 1. The van der Waals surface area contributed by atoms with Crippen molar-refractivity contribution in [2.75, 3.05) is 37.8 Å². The second kappa shape index (κ2) is 6.75. The van der Waals surface area contributed by atoms with Gasteiger partial charge in [0.15, 0.2) is 17.0 Å². The van der Waals surface area contributed by atoms with Gasteiger partial charge in [-0.2, -0.15) is 9.97 Å². The summed E-state index contributed by atoms with van der Waals surface area (Å²) in [5, 5.41) is 0. The van der Waals surface area contributed by atoms with Crippen molar-refractivity contribution in [3.05, 3.63) is 6.33 Å². The normalized spacial score (nSPS) is 13.4. The summed E-state index contributed by atoms with van der Waals surface area (Å²) < 4.78 is 30.3. The molecule has 0 aromatic carbocycles. The van der Waals surface area contributed by atoms with E-state index in [1.807, 2.05) is 0 Å². The summed E-state index contributed by atoms with van der Waals surface area (Å²) in [6.07, 6.45) is -0.470. The van der Waals surface area contributed by atoms with Gasteiger partial charge in [-0.05, 0) is 0 Å². The highest BCUT2D eigenvalue weighted by atomic mass is 31.2. The van der Waals surface area contributed by atoms with Crippen LogP contribution in [0, 0.1) is 0 Å². The molecule has 2 aromatic rings. The van der Waals surface area contributed by atoms with Gasteiger partial charge in [0.25, 0.3) is 0 Å². The number of alkyl halides is 1. The maximum Gasteiger partial charge on any atom is 0.350 e. The van der Waals surface area contributed by atoms with Crippen molar-refractivity contribution in [1.29, 1.82) is 0 Å². The Bertz CT molecular complexity index is 733. The summed E-state index contributed by atoms with van der Waals surface area (Å²) in [5.41, 5.74) is 6.54. The van der Waals surface area contributed by atoms with Crippen LogP contribution in [0.3, 0.4) is 0 Å². The zero-order valence-corrected chi connectivity index (χ0v) is 13.5. The quantitative estimate of drug-likeness (QED) is 0.588. The first-order valence-electron chi connectivity index (χ1n) is 6.59. The monoisotopic (exact) mass is 348 g/mol. The van der Waals surface area contributed by atoms with Gasteiger partial charge in [-0.25, -0.2) is 9.37 Å². The molecule has 0 aliphatic rings. The average molecular weight is 348 g/mol. The zero-order chi connectivity index (χ0) is 17.2. The first-order chi connectivity index (χ1) is 10.7. The van der Waals surface area contributed by atoms with E-state index in [0.29, 0.717) is 17.0 Å². The van der Waals surface area contributed by atoms with Crippen molar-refractivity contribution in [3.8, 4) is 0 Å². The summed E-state index contributed by atoms with van der Waals surface area (Å²) in [6.45, 7) is -0.933. The highest BCUT2D eigenvalue weighted by Gasteiger charge is 2.20. The van der Waals surface area contributed by atoms with Gasteiger partial charge in [0.2, 0.25) is 5.95 Å². The molecular formula is C11H18FN6O4P. The van der Waals surface area contributed by atoms with E-state index in [1.54, 1.807) is 19.0 Å². The Morgan fingerprint density at radius 2 is 2.17 bits per heavy atom. The topological polar surface area (TPSA) is 140 Å². The van der Waals surface area contributed by atoms with E-state index in [4.69, 9.17) is 20.3 Å². The highest BCUT2D eigenvalue weighted by molar-refractivity contribution is 7.51. The molecule has 2 aromatic heterocycles. The summed E-state index contributed by atoms with van der Waals surface area (Å²) in [5.74, 6) is 0.551. The summed E-state index contributed by atoms with van der Waals surface area (Å²) in [4.78, 5) is 31.7. The number of imidazole rings is 1. The minimum absolute atomic E-state index is 0.0175. The molecule has 0 amide bonds. The van der Waals surface area contributed by atoms with E-state index >= 15 is 0 Å². The minimum atomic E-state index is -4.37. The van der Waals surface area contributed by atoms with Crippen LogP contribution in [0.5, 0.6) is 0 Å². The molecule has 1 unspecified atom stereocenters. The molecular weight excluding hydrogens is 330 g/mol. The minimum Gasteiger partial charge on any atom is -0.368 e. The number of halogens is 1. The van der Waals surface area contributed by atoms with E-state index in [2.05, 4.69) is 15.0 Å². The van der Waals surface area contributed by atoms with Gasteiger partial charge < -0.3 is 29.7 Å². The van der Waals surface area contributed by atoms with Gasteiger partial charge in [0.05, 0.1) is 12.9 Å². The van der Waals surface area contributed by atoms with Crippen molar-refractivity contribution in [2.45, 2.75) is 12.6 Å². The maximum atomic E-state index is 13.0. The smallest absolute Gasteiger partial charge is 0.350 e. The third-order valence-corrected chi connectivity index (χ3v) is 3.42. The van der Waals surface area contributed by atoms with Gasteiger partial charge >= 0.3 is 7.60 Å². The summed E-state index contributed by atoms with van der Waals surface area (Å²) in [6, 6.07) is 0. The number of rotatable bonds is 7. The van der Waals surface area contributed by atoms with E-state index < -0.39 is 26.7 Å². The number of nitrogen functional groups attached to an aromatic ring is 1. The van der Waals surface area contributed by atoms with Crippen molar-refractivity contribution in [1.82, 2.24) is 19.5 Å². The molecule has 0 fully saturated rings. The molecule has 1 atom stereocenters. The fourth-order valence-electron chi connectivity index (χ4n) is 1.96. The molecule has 0 radical (unpaired) electrons. The molecule has 128 valence electrons. The molecule has 12 heteroatoms. The van der Waals surface area contributed by atoms with Crippen LogP contribution in [0.1, 0.15) is 0 Å². The number of nitrogens with two attached hydrogens (primary N) is 1. The third kappa shape index (κ3) is 4.35. The molecule has 0 saturated carbocycles. The summed E-state index contributed by atoms with van der Waals surface area (Å²) in [7, 11) is -0.823. The second-order valence-electron chi connectivity index (χ2n) is 5.11. The molecule has 4 N–H and O–H groups in total. The van der Waals surface area contributed by atoms with Crippen LogP contribution in [-0.4, -0.2) is 62.5 Å². The molecule has 23 heavy (non-hydrogen) atoms. The van der Waals surface area contributed by atoms with E-state index in [-0.39, 0.29) is 12.5 Å². The lowest BCUT2D eigenvalue weighted by atomic mass is 10.4. The fraction of sp³-hybridized carbons (Fsp3) is 0.545. The van der Waals surface area contributed by atoms with Crippen LogP contribution in [0.25, 0.3) is 11.2 Å². The van der Waals surface area contributed by atoms with Crippen LogP contribution < -0.4 is 10.6 Å². The van der Waals surface area contributed by atoms with Gasteiger partial charge in [-0.3, -0.25) is 4.57 Å². The molecule has 0 bridgehead atoms. The molecule has 0 spiro atoms. The largest absolute Gasteiger partial charge is 0.368 e. The SMILES string of the molecule is CN(C)c1nc(N)nc2c1ncn2CC(CF)OCP(=O)(O)O. The fourth-order valence-corrected chi connectivity index (χ4v) is 2.36. The van der Waals surface area contributed by atoms with E-state index in [1.165, 1.54) is 10.9 Å². The van der Waals surface area contributed by atoms with Crippen LogP contribution >= 0.6 is 7.60 Å². The third-order valence-electron chi connectivity index (χ3n) is 2.94. The van der Waals surface area contributed by atoms with E-state index in [9.17, 15) is 8.96 Å². The highest BCUT2D eigenvalue weighted by Crippen LogP contribution is 2.34. The van der Waals surface area contributed by atoms with Crippen molar-refractivity contribution in [2.24, 2.45) is 0 Å². The molecule has 10 nitrogen and oxygen atoms in total. The van der Waals surface area contributed by atoms with Gasteiger partial charge in [-0.15, -0.1) is 0 Å². The molecule has 2 heterocycles. The van der Waals surface area contributed by atoms with Crippen LogP contribution in [-0.2, 0) is 15.8 Å². The molecule has 0 aliphatic heterocycles. The lowest BCUT2D eigenvalue weighted by Crippen LogP contribution is -2.23. The first-order valence-corrected chi connectivity index (χ1v) is 8.39. The van der Waals surface area contributed by atoms with Crippen LogP contribution in [0.15, 0.2) is 6.33 Å². The number of aromatic nitrogens is 4. The predicted molar refractivity (Wildman–Crippen MR) is 81.8 cm³/mol. The van der Waals surface area contributed by atoms with Crippen molar-refractivity contribution < 1.29 is 23.5 Å². The Morgan fingerprint density at radius 1 is 1.48 bits per heavy atom. The zero-order valence-electron chi connectivity index (χ0n) is 12.6. The van der Waals surface area contributed by atoms with Gasteiger partial charge in [0.1, 0.15) is 19.1 Å². The number of anilines is 2. The van der Waals surface area contributed by atoms with Crippen LogP contribution in [0.4, 0.5) is 16.2 Å². The number of hydrogen-bond donors (Lipinski definition) is 3. The van der Waals surface area contributed by atoms with Crippen LogP contribution in [0.2, 0.25) is 0 Å². The predicted octanol–water partition coefficient (Wildman–Crippen LogP) is -0.0356. The number of nitrogens with zero attached hydrogens (tertiary/aromatic N) is 5. The van der Waals surface area contributed by atoms with Gasteiger partial charge in [-0.1, -0.05) is 0 Å². The number of hydrogen-bond acceptors (Lipinski definition) is 7. The van der Waals surface area contributed by atoms with Crippen molar-refractivity contribution >= 4 is 30.5 Å². The van der Waals surface area contributed by atoms with Crippen molar-refractivity contribution in [3.63, 3.8) is 0 Å². The lowest BCUT2D eigenvalue weighted by Gasteiger charge is -2.16. The maximum absolute atomic E-state index is 13.0. The molecule has 0 aliphatic carbocycles. The Kier molecular flexibility index (Phi) is 5.15. The Hall–Kier alpha value is -1.81. The van der Waals surface area contributed by atoms with E-state index in [0.717, 1.165) is 0 Å². The number of ether oxygens (including phenoxy) is 1. The Labute approximate surface area is 131 Å². The molecule has 0 saturated heterocycles. The average Bonchev–Trinajstić information content (AvgIpc) is 2.84. The second-order valence-corrected chi connectivity index (χ2v) is 6.69. The Balaban J connectivity index is 2.27. The van der Waals surface area contributed by atoms with Gasteiger partial charge in [0, 0.05) is 14.1 Å². The lowest BCUT2D eigenvalue weighted by molar-refractivity contribution is 0.0445. The Morgan fingerprint density at radius 3 is 2.74 bits per heavy atom. The standard InChI is InChI=1S/C11H18FN6O4P/c1-17(2)9-8-10(16-11(13)15-9)18(5-14-8)4-7(3-12)22-6-23(19,20)21/h5,7H,3-4,6H2,1-2H3,(H2,13,15,16)(H2,19,20,21). The first kappa shape index (κ1) is 17.5. The molecule has 2 rings (SSSR count). The summed E-state index contributed by atoms with van der Waals surface area (Å²) >= 11 is 0.